The van der Waals surface area contributed by atoms with Crippen LogP contribution in [-0.4, -0.2) is 28.4 Å². The summed E-state index contributed by atoms with van der Waals surface area (Å²) in [5, 5.41) is 3.07. The Morgan fingerprint density at radius 2 is 2.08 bits per heavy atom. The Morgan fingerprint density at radius 3 is 2.50 bits per heavy atom. The molecule has 0 heterocycles. The van der Waals surface area contributed by atoms with Crippen LogP contribution < -0.4 is 5.32 Å². The van der Waals surface area contributed by atoms with E-state index in [2.05, 4.69) is 26.0 Å². The smallest absolute Gasteiger partial charge is 0.407 e. The Labute approximate surface area is 93.8 Å². The van der Waals surface area contributed by atoms with E-state index in [0.29, 0.717) is 11.9 Å². The van der Waals surface area contributed by atoms with Crippen molar-refractivity contribution in [3.63, 3.8) is 0 Å². The van der Waals surface area contributed by atoms with Gasteiger partial charge in [0.15, 0.2) is 0 Å². The first-order chi connectivity index (χ1) is 5.45. The van der Waals surface area contributed by atoms with Gasteiger partial charge in [-0.25, -0.2) is 4.79 Å². The number of amides is 1. The molecule has 0 aliphatic rings. The minimum absolute atomic E-state index is 0.258. The molecule has 3 nitrogen and oxygen atoms in total. The summed E-state index contributed by atoms with van der Waals surface area (Å²) in [7, 11) is 0. The number of alkyl carbamates (subject to hydrolysis) is 1. The highest BCUT2D eigenvalue weighted by Crippen LogP contribution is 2.25. The van der Waals surface area contributed by atoms with Crippen LogP contribution in [0.5, 0.6) is 0 Å². The predicted octanol–water partition coefficient (Wildman–Crippen LogP) is 2.48. The fourth-order valence-corrected chi connectivity index (χ4v) is 0.710. The third-order valence-electron chi connectivity index (χ3n) is 0.731. The Morgan fingerprint density at radius 1 is 1.50 bits per heavy atom. The number of alkyl halides is 4. The van der Waals surface area contributed by atoms with Gasteiger partial charge in [0, 0.05) is 11.9 Å². The van der Waals surface area contributed by atoms with Gasteiger partial charge in [-0.3, -0.25) is 0 Å². The van der Waals surface area contributed by atoms with Gasteiger partial charge in [-0.05, 0) is 0 Å². The maximum atomic E-state index is 10.7. The van der Waals surface area contributed by atoms with Gasteiger partial charge in [0.25, 0.3) is 0 Å². The second-order valence-electron chi connectivity index (χ2n) is 1.81. The summed E-state index contributed by atoms with van der Waals surface area (Å²) < 4.78 is 2.99. The lowest BCUT2D eigenvalue weighted by atomic mass is 10.7. The van der Waals surface area contributed by atoms with Crippen molar-refractivity contribution in [1.82, 2.24) is 5.32 Å². The van der Waals surface area contributed by atoms with E-state index in [1.54, 1.807) is 0 Å². The SMILES string of the molecule is O=C(NCCBr)OCC(Cl)(Cl)Cl. The molecular formula is C5H7BrCl3NO2. The first kappa shape index (κ1) is 12.6. The number of carbonyl (C=O) groups excluding carboxylic acids is 1. The van der Waals surface area contributed by atoms with Crippen molar-refractivity contribution in [2.45, 2.75) is 3.79 Å². The number of rotatable bonds is 3. The van der Waals surface area contributed by atoms with Gasteiger partial charge >= 0.3 is 6.09 Å². The van der Waals surface area contributed by atoms with Crippen LogP contribution in [0, 0.1) is 0 Å². The molecule has 0 saturated carbocycles. The zero-order valence-electron chi connectivity index (χ0n) is 5.95. The Kier molecular flexibility index (Phi) is 6.45. The van der Waals surface area contributed by atoms with E-state index in [1.807, 2.05) is 0 Å². The van der Waals surface area contributed by atoms with Gasteiger partial charge in [-0.1, -0.05) is 50.7 Å². The molecule has 0 saturated heterocycles. The van der Waals surface area contributed by atoms with Crippen LogP contribution in [0.3, 0.4) is 0 Å². The second kappa shape index (κ2) is 6.13. The quantitative estimate of drug-likeness (QED) is 0.813. The average Bonchev–Trinajstić information content (AvgIpc) is 1.95. The molecule has 1 amide bonds. The highest BCUT2D eigenvalue weighted by atomic mass is 79.9. The summed E-state index contributed by atoms with van der Waals surface area (Å²) in [6.45, 7) is 0.213. The van der Waals surface area contributed by atoms with E-state index in [4.69, 9.17) is 34.8 Å². The van der Waals surface area contributed by atoms with Crippen LogP contribution in [-0.2, 0) is 4.74 Å². The highest BCUT2D eigenvalue weighted by molar-refractivity contribution is 9.09. The monoisotopic (exact) mass is 297 g/mol. The molecule has 0 aromatic rings. The lowest BCUT2D eigenvalue weighted by Crippen LogP contribution is -2.29. The van der Waals surface area contributed by atoms with Crippen LogP contribution in [0.4, 0.5) is 4.79 Å². The molecule has 0 aromatic heterocycles. The van der Waals surface area contributed by atoms with Crippen molar-refractivity contribution >= 4 is 56.8 Å². The summed E-state index contributed by atoms with van der Waals surface area (Å²) in [5.74, 6) is 0. The fourth-order valence-electron chi connectivity index (χ4n) is 0.348. The molecule has 0 fully saturated rings. The Balaban J connectivity index is 3.44. The first-order valence-corrected chi connectivity index (χ1v) is 5.24. The Bertz CT molecular complexity index is 150. The number of hydrogen-bond donors (Lipinski definition) is 1. The van der Waals surface area contributed by atoms with Crippen molar-refractivity contribution in [2.75, 3.05) is 18.5 Å². The van der Waals surface area contributed by atoms with Gasteiger partial charge in [-0.2, -0.15) is 0 Å². The minimum Gasteiger partial charge on any atom is -0.445 e. The summed E-state index contributed by atoms with van der Waals surface area (Å²) >= 11 is 19.1. The van der Waals surface area contributed by atoms with Crippen molar-refractivity contribution < 1.29 is 9.53 Å². The van der Waals surface area contributed by atoms with Crippen LogP contribution >= 0.6 is 50.7 Å². The normalized spacial score (nSPS) is 11.0. The van der Waals surface area contributed by atoms with Crippen molar-refractivity contribution in [1.29, 1.82) is 0 Å². The molecule has 0 aromatic carbocycles. The molecule has 0 rings (SSSR count). The van der Waals surface area contributed by atoms with E-state index >= 15 is 0 Å². The summed E-state index contributed by atoms with van der Waals surface area (Å²) in [6, 6.07) is 0. The molecule has 0 aliphatic heterocycles. The molecule has 0 aliphatic carbocycles. The molecule has 0 bridgehead atoms. The largest absolute Gasteiger partial charge is 0.445 e. The standard InChI is InChI=1S/C5H7BrCl3NO2/c6-1-2-10-4(11)12-3-5(7,8)9/h1-3H2,(H,10,11). The molecular weight excluding hydrogens is 292 g/mol. The number of nitrogens with one attached hydrogen (secondary N) is 1. The number of hydrogen-bond acceptors (Lipinski definition) is 2. The van der Waals surface area contributed by atoms with Crippen LogP contribution in [0.2, 0.25) is 0 Å². The van der Waals surface area contributed by atoms with Gasteiger partial charge in [0.05, 0.1) is 0 Å². The van der Waals surface area contributed by atoms with Crippen LogP contribution in [0.15, 0.2) is 0 Å². The average molecular weight is 299 g/mol. The Hall–Kier alpha value is 0.620. The van der Waals surface area contributed by atoms with Crippen molar-refractivity contribution in [3.05, 3.63) is 0 Å². The molecule has 0 radical (unpaired) electrons. The maximum Gasteiger partial charge on any atom is 0.407 e. The highest BCUT2D eigenvalue weighted by Gasteiger charge is 2.21. The van der Waals surface area contributed by atoms with Crippen LogP contribution in [0.25, 0.3) is 0 Å². The molecule has 1 N–H and O–H groups in total. The van der Waals surface area contributed by atoms with E-state index in [0.717, 1.165) is 0 Å². The number of halogens is 4. The van der Waals surface area contributed by atoms with E-state index in [-0.39, 0.29) is 6.61 Å². The summed E-state index contributed by atoms with van der Waals surface area (Å²) in [5.41, 5.74) is 0. The third-order valence-corrected chi connectivity index (χ3v) is 1.45. The first-order valence-electron chi connectivity index (χ1n) is 2.99. The zero-order valence-corrected chi connectivity index (χ0v) is 9.80. The number of ether oxygens (including phenoxy) is 1. The molecule has 7 heteroatoms. The third kappa shape index (κ3) is 8.71. The van der Waals surface area contributed by atoms with E-state index < -0.39 is 9.89 Å². The van der Waals surface area contributed by atoms with Gasteiger partial charge in [-0.15, -0.1) is 0 Å². The molecule has 0 spiro atoms. The van der Waals surface area contributed by atoms with Gasteiger partial charge in [0.2, 0.25) is 3.79 Å². The maximum absolute atomic E-state index is 10.7. The van der Waals surface area contributed by atoms with Crippen molar-refractivity contribution in [3.8, 4) is 0 Å². The fraction of sp³-hybridized carbons (Fsp3) is 0.800. The summed E-state index contributed by atoms with van der Waals surface area (Å²) in [6.07, 6.45) is -0.597. The molecule has 0 atom stereocenters. The van der Waals surface area contributed by atoms with Gasteiger partial charge < -0.3 is 10.1 Å². The zero-order chi connectivity index (χ0) is 9.61. The lowest BCUT2D eigenvalue weighted by molar-refractivity contribution is 0.149. The minimum atomic E-state index is -1.55. The van der Waals surface area contributed by atoms with Crippen LogP contribution in [0.1, 0.15) is 0 Å². The number of carbonyl (C=O) groups is 1. The molecule has 0 unspecified atom stereocenters. The van der Waals surface area contributed by atoms with Crippen molar-refractivity contribution in [2.24, 2.45) is 0 Å². The predicted molar refractivity (Wildman–Crippen MR) is 53.4 cm³/mol. The molecule has 12 heavy (non-hydrogen) atoms. The summed E-state index contributed by atoms with van der Waals surface area (Å²) in [4.78, 5) is 10.7. The van der Waals surface area contributed by atoms with E-state index in [1.165, 1.54) is 0 Å². The topological polar surface area (TPSA) is 38.3 Å². The lowest BCUT2D eigenvalue weighted by Gasteiger charge is -2.11. The molecule has 72 valence electrons. The second-order valence-corrected chi connectivity index (χ2v) is 5.12. The van der Waals surface area contributed by atoms with E-state index in [9.17, 15) is 4.79 Å². The van der Waals surface area contributed by atoms with Gasteiger partial charge in [0.1, 0.15) is 6.61 Å².